The molecular weight excluding hydrogens is 379 g/mol. The molecule has 3 rings (SSSR count). The van der Waals surface area contributed by atoms with Crippen molar-refractivity contribution in [2.24, 2.45) is 5.10 Å². The third kappa shape index (κ3) is 5.47. The molecule has 144 valence electrons. The number of hydrogen-bond acceptors (Lipinski definition) is 4. The van der Waals surface area contributed by atoms with Gasteiger partial charge in [0.25, 0.3) is 0 Å². The van der Waals surface area contributed by atoms with Gasteiger partial charge in [-0.1, -0.05) is 41.9 Å². The van der Waals surface area contributed by atoms with Gasteiger partial charge in [-0.15, -0.1) is 0 Å². The van der Waals surface area contributed by atoms with Crippen molar-refractivity contribution in [2.45, 2.75) is 13.2 Å². The summed E-state index contributed by atoms with van der Waals surface area (Å²) in [6, 6.07) is 19.2. The highest BCUT2D eigenvalue weighted by Gasteiger charge is 2.05. The van der Waals surface area contributed by atoms with E-state index in [0.717, 1.165) is 22.4 Å². The van der Waals surface area contributed by atoms with Gasteiger partial charge in [-0.2, -0.15) is 5.10 Å². The zero-order valence-electron chi connectivity index (χ0n) is 15.4. The summed E-state index contributed by atoms with van der Waals surface area (Å²) in [7, 11) is 1.64. The fourth-order valence-electron chi connectivity index (χ4n) is 2.59. The molecule has 0 bridgehead atoms. The van der Waals surface area contributed by atoms with Gasteiger partial charge >= 0.3 is 0 Å². The van der Waals surface area contributed by atoms with Gasteiger partial charge in [-0.3, -0.25) is 0 Å². The van der Waals surface area contributed by atoms with Gasteiger partial charge in [0.05, 0.1) is 19.9 Å². The van der Waals surface area contributed by atoms with Crippen LogP contribution >= 0.6 is 11.6 Å². The second-order valence-electron chi connectivity index (χ2n) is 6.00. The molecular formula is C22H20ClFN2O2. The first kappa shape index (κ1) is 19.7. The summed E-state index contributed by atoms with van der Waals surface area (Å²) in [6.45, 7) is 0.838. The molecule has 6 heteroatoms. The van der Waals surface area contributed by atoms with Crippen LogP contribution in [-0.4, -0.2) is 13.3 Å². The standard InChI is InChI=1S/C22H20ClFN2O2/c1-27-21-5-3-2-4-17(21)13-25-26-14-18-12-19(23)8-11-22(18)28-15-16-6-9-20(24)10-7-16/h2-12,14,25H,13,15H2,1H3/b26-14-. The Kier molecular flexibility index (Phi) is 6.87. The number of rotatable bonds is 8. The Bertz CT molecular complexity index is 946. The zero-order valence-corrected chi connectivity index (χ0v) is 16.1. The van der Waals surface area contributed by atoms with Crippen LogP contribution in [0.4, 0.5) is 4.39 Å². The predicted molar refractivity (Wildman–Crippen MR) is 110 cm³/mol. The zero-order chi connectivity index (χ0) is 19.8. The number of methoxy groups -OCH3 is 1. The molecule has 4 nitrogen and oxygen atoms in total. The van der Waals surface area contributed by atoms with Gasteiger partial charge < -0.3 is 14.9 Å². The van der Waals surface area contributed by atoms with Crippen molar-refractivity contribution in [3.63, 3.8) is 0 Å². The number of nitrogens with one attached hydrogen (secondary N) is 1. The predicted octanol–water partition coefficient (Wildman–Crippen LogP) is 5.19. The third-order valence-corrected chi connectivity index (χ3v) is 4.27. The van der Waals surface area contributed by atoms with Crippen LogP contribution in [0, 0.1) is 5.82 Å². The lowest BCUT2D eigenvalue weighted by Gasteiger charge is -2.10. The fourth-order valence-corrected chi connectivity index (χ4v) is 2.77. The Balaban J connectivity index is 1.64. The molecule has 3 aromatic rings. The van der Waals surface area contributed by atoms with Gasteiger partial charge in [0, 0.05) is 16.1 Å². The van der Waals surface area contributed by atoms with Crippen LogP contribution in [-0.2, 0) is 13.2 Å². The average Bonchev–Trinajstić information content (AvgIpc) is 2.72. The fraction of sp³-hybridized carbons (Fsp3) is 0.136. The molecule has 0 unspecified atom stereocenters. The maximum atomic E-state index is 13.0. The molecule has 0 fully saturated rings. The minimum absolute atomic E-state index is 0.274. The minimum Gasteiger partial charge on any atom is -0.496 e. The minimum atomic E-state index is -0.274. The molecule has 0 aliphatic carbocycles. The van der Waals surface area contributed by atoms with Crippen molar-refractivity contribution in [2.75, 3.05) is 7.11 Å². The lowest BCUT2D eigenvalue weighted by molar-refractivity contribution is 0.305. The van der Waals surface area contributed by atoms with Crippen molar-refractivity contribution >= 4 is 17.8 Å². The molecule has 0 aromatic heterocycles. The van der Waals surface area contributed by atoms with Crippen LogP contribution in [0.3, 0.4) is 0 Å². The van der Waals surface area contributed by atoms with Crippen LogP contribution in [0.1, 0.15) is 16.7 Å². The Morgan fingerprint density at radius 3 is 2.61 bits per heavy atom. The van der Waals surface area contributed by atoms with E-state index in [4.69, 9.17) is 21.1 Å². The summed E-state index contributed by atoms with van der Waals surface area (Å²) in [5, 5.41) is 4.85. The lowest BCUT2D eigenvalue weighted by atomic mass is 10.2. The van der Waals surface area contributed by atoms with Crippen LogP contribution in [0.15, 0.2) is 71.8 Å². The van der Waals surface area contributed by atoms with Gasteiger partial charge in [-0.25, -0.2) is 4.39 Å². The molecule has 0 aliphatic rings. The maximum absolute atomic E-state index is 13.0. The number of halogens is 2. The highest BCUT2D eigenvalue weighted by molar-refractivity contribution is 6.30. The highest BCUT2D eigenvalue weighted by atomic mass is 35.5. The van der Waals surface area contributed by atoms with Gasteiger partial charge in [0.2, 0.25) is 0 Å². The van der Waals surface area contributed by atoms with Crippen LogP contribution < -0.4 is 14.9 Å². The Morgan fingerprint density at radius 2 is 1.82 bits per heavy atom. The van der Waals surface area contributed by atoms with E-state index in [1.807, 2.05) is 24.3 Å². The van der Waals surface area contributed by atoms with Gasteiger partial charge in [0.15, 0.2) is 0 Å². The largest absolute Gasteiger partial charge is 0.496 e. The van der Waals surface area contributed by atoms with Crippen molar-refractivity contribution in [1.82, 2.24) is 5.43 Å². The van der Waals surface area contributed by atoms with E-state index < -0.39 is 0 Å². The second kappa shape index (κ2) is 9.76. The Hall–Kier alpha value is -3.05. The lowest BCUT2D eigenvalue weighted by Crippen LogP contribution is -2.07. The molecule has 0 saturated heterocycles. The van der Waals surface area contributed by atoms with E-state index in [9.17, 15) is 4.39 Å². The first-order chi connectivity index (χ1) is 13.7. The Labute approximate surface area is 168 Å². The molecule has 0 heterocycles. The summed E-state index contributed by atoms with van der Waals surface area (Å²) in [4.78, 5) is 0. The Morgan fingerprint density at radius 1 is 1.04 bits per heavy atom. The molecule has 0 radical (unpaired) electrons. The quantitative estimate of drug-likeness (QED) is 0.419. The normalized spacial score (nSPS) is 10.8. The van der Waals surface area contributed by atoms with Gasteiger partial charge in [0.1, 0.15) is 23.9 Å². The van der Waals surface area contributed by atoms with Crippen molar-refractivity contribution < 1.29 is 13.9 Å². The second-order valence-corrected chi connectivity index (χ2v) is 6.44. The molecule has 28 heavy (non-hydrogen) atoms. The van der Waals surface area contributed by atoms with Crippen LogP contribution in [0.5, 0.6) is 11.5 Å². The number of hydrogen-bond donors (Lipinski definition) is 1. The molecule has 0 amide bonds. The molecule has 1 N–H and O–H groups in total. The summed E-state index contributed by atoms with van der Waals surface area (Å²) >= 11 is 6.10. The number of ether oxygens (including phenoxy) is 2. The van der Waals surface area contributed by atoms with E-state index in [1.54, 1.807) is 43.7 Å². The smallest absolute Gasteiger partial charge is 0.128 e. The molecule has 0 spiro atoms. The third-order valence-electron chi connectivity index (χ3n) is 4.04. The van der Waals surface area contributed by atoms with E-state index in [-0.39, 0.29) is 5.82 Å². The average molecular weight is 399 g/mol. The number of benzene rings is 3. The maximum Gasteiger partial charge on any atom is 0.128 e. The number of nitrogens with zero attached hydrogens (tertiary/aromatic N) is 1. The summed E-state index contributed by atoms with van der Waals surface area (Å²) in [5.74, 6) is 1.16. The first-order valence-corrected chi connectivity index (χ1v) is 9.08. The molecule has 0 saturated carbocycles. The van der Waals surface area contributed by atoms with E-state index >= 15 is 0 Å². The summed E-state index contributed by atoms with van der Waals surface area (Å²) in [5.41, 5.74) is 5.61. The summed E-state index contributed by atoms with van der Waals surface area (Å²) < 4.78 is 24.2. The molecule has 3 aromatic carbocycles. The SMILES string of the molecule is COc1ccccc1CN/N=C\c1cc(Cl)ccc1OCc1ccc(F)cc1. The monoisotopic (exact) mass is 398 g/mol. The molecule has 0 aliphatic heterocycles. The van der Waals surface area contributed by atoms with Crippen LogP contribution in [0.25, 0.3) is 0 Å². The van der Waals surface area contributed by atoms with E-state index in [2.05, 4.69) is 10.5 Å². The highest BCUT2D eigenvalue weighted by Crippen LogP contribution is 2.23. The summed E-state index contributed by atoms with van der Waals surface area (Å²) in [6.07, 6.45) is 1.65. The number of hydrazone groups is 1. The van der Waals surface area contributed by atoms with Crippen molar-refractivity contribution in [1.29, 1.82) is 0 Å². The topological polar surface area (TPSA) is 42.8 Å². The van der Waals surface area contributed by atoms with Gasteiger partial charge in [-0.05, 0) is 42.0 Å². The van der Waals surface area contributed by atoms with E-state index in [0.29, 0.717) is 23.9 Å². The van der Waals surface area contributed by atoms with Crippen LogP contribution in [0.2, 0.25) is 5.02 Å². The molecule has 0 atom stereocenters. The number of para-hydroxylation sites is 1. The van der Waals surface area contributed by atoms with Crippen molar-refractivity contribution in [3.05, 3.63) is 94.3 Å². The van der Waals surface area contributed by atoms with Crippen molar-refractivity contribution in [3.8, 4) is 11.5 Å². The van der Waals surface area contributed by atoms with E-state index in [1.165, 1.54) is 12.1 Å². The first-order valence-electron chi connectivity index (χ1n) is 8.70.